The third kappa shape index (κ3) is 11.5. The van der Waals surface area contributed by atoms with Crippen LogP contribution >= 0.6 is 0 Å². The van der Waals surface area contributed by atoms with E-state index in [0.29, 0.717) is 33.3 Å². The van der Waals surface area contributed by atoms with Gasteiger partial charge in [0.15, 0.2) is 0 Å². The van der Waals surface area contributed by atoms with Gasteiger partial charge in [0.05, 0.1) is 20.0 Å². The summed E-state index contributed by atoms with van der Waals surface area (Å²) in [6.45, 7) is 10.5. The minimum atomic E-state index is -3.50. The molecule has 346 valence electrons. The Morgan fingerprint density at radius 3 is 1.68 bits per heavy atom. The fraction of sp³-hybridized carbons (Fsp3) is 0.270. The van der Waals surface area contributed by atoms with E-state index in [4.69, 9.17) is 7.16 Å². The van der Waals surface area contributed by atoms with Crippen LogP contribution in [0.4, 0.5) is 0 Å². The van der Waals surface area contributed by atoms with Crippen molar-refractivity contribution in [3.05, 3.63) is 208 Å². The molecule has 69 heavy (non-hydrogen) atoms. The van der Waals surface area contributed by atoms with Crippen molar-refractivity contribution in [3.63, 3.8) is 0 Å². The van der Waals surface area contributed by atoms with Crippen molar-refractivity contribution in [1.29, 1.82) is 5.26 Å². The molecule has 5 nitrogen and oxygen atoms in total. The number of benzene rings is 5. The normalized spacial score (nSPS) is 17.2. The van der Waals surface area contributed by atoms with Crippen LogP contribution in [-0.2, 0) is 64.7 Å². The van der Waals surface area contributed by atoms with Gasteiger partial charge in [-0.1, -0.05) is 102 Å². The minimum Gasteiger partial charge on any atom is -0.501 e. The molecule has 0 aliphatic heterocycles. The van der Waals surface area contributed by atoms with Crippen molar-refractivity contribution in [2.24, 2.45) is 5.41 Å². The Balaban J connectivity index is 0.00000982. The van der Waals surface area contributed by atoms with Gasteiger partial charge in [-0.3, -0.25) is 0 Å². The van der Waals surface area contributed by atoms with Crippen LogP contribution in [0, 0.1) is 34.9 Å². The number of hydrogen-bond donors (Lipinski definition) is 0. The SMILES string of the molecule is [2H]c1cc2c(oc3c(-c4cc(C([2H])([2H])C(C)(C)C)c(C([2H])([2H])C([2H])([2H])c5cc(C([2H])([2H])C([2H])([2H])c6cnc(-c7[c-]cccc7)cc6C([2H])(C)C)cc(C([2H])([2H])C([2H])([2H])c6cnc(-c7[c-]cccc7)cc6C([2H])(C)C)c5)cn4)[c-]ccc32)c([2H])c1C#N.[Ir+3]. The summed E-state index contributed by atoms with van der Waals surface area (Å²) in [7, 11) is 0. The van der Waals surface area contributed by atoms with Gasteiger partial charge in [0.2, 0.25) is 0 Å². The molecule has 0 saturated carbocycles. The van der Waals surface area contributed by atoms with Gasteiger partial charge in [-0.15, -0.1) is 90.0 Å². The van der Waals surface area contributed by atoms with Gasteiger partial charge < -0.3 is 19.4 Å². The summed E-state index contributed by atoms with van der Waals surface area (Å²) in [4.78, 5) is 13.5. The van der Waals surface area contributed by atoms with Crippen molar-refractivity contribution in [3.8, 4) is 39.8 Å². The van der Waals surface area contributed by atoms with Crippen LogP contribution in [0.3, 0.4) is 0 Å². The van der Waals surface area contributed by atoms with E-state index in [2.05, 4.69) is 33.2 Å². The predicted octanol–water partition coefficient (Wildman–Crippen LogP) is 15.2. The number of pyridine rings is 3. The van der Waals surface area contributed by atoms with Crippen LogP contribution in [0.15, 0.2) is 138 Å². The van der Waals surface area contributed by atoms with E-state index in [1.165, 1.54) is 58.0 Å². The maximum atomic E-state index is 9.96. The Bertz CT molecular complexity index is 4020. The molecule has 0 aliphatic rings. The number of furan rings is 1. The third-order valence-electron chi connectivity index (χ3n) is 10.9. The first-order chi connectivity index (χ1) is 39.6. The topological polar surface area (TPSA) is 75.6 Å². The van der Waals surface area contributed by atoms with E-state index in [-0.39, 0.29) is 71.3 Å². The molecule has 0 spiro atoms. The molecule has 0 unspecified atom stereocenters. The summed E-state index contributed by atoms with van der Waals surface area (Å²) in [5.74, 6) is -3.22. The fourth-order valence-corrected chi connectivity index (χ4v) is 7.66. The largest absolute Gasteiger partial charge is 3.00 e. The van der Waals surface area contributed by atoms with Crippen molar-refractivity contribution in [1.82, 2.24) is 15.0 Å². The molecule has 0 atom stereocenters. The van der Waals surface area contributed by atoms with E-state index in [9.17, 15) is 27.2 Å². The summed E-state index contributed by atoms with van der Waals surface area (Å²) in [5, 5.41) is 10.4. The van der Waals surface area contributed by atoms with Gasteiger partial charge in [0, 0.05) is 45.9 Å². The molecule has 0 saturated heterocycles. The third-order valence-corrected chi connectivity index (χ3v) is 10.9. The second-order valence-corrected chi connectivity index (χ2v) is 17.7. The smallest absolute Gasteiger partial charge is 0.501 e. The number of hydrogen-bond acceptors (Lipinski definition) is 5. The summed E-state index contributed by atoms with van der Waals surface area (Å²) in [6.07, 6.45) is -19.5. The van der Waals surface area contributed by atoms with Gasteiger partial charge in [-0.05, 0) is 141 Å². The molecular formula is C63H59IrN4O. The first-order valence-corrected chi connectivity index (χ1v) is 22.1. The first kappa shape index (κ1) is 30.9. The molecule has 9 aromatic rings. The molecule has 0 fully saturated rings. The number of aromatic nitrogens is 3. The van der Waals surface area contributed by atoms with Crippen LogP contribution in [0.1, 0.15) is 141 Å². The van der Waals surface area contributed by atoms with E-state index >= 15 is 0 Å². The summed E-state index contributed by atoms with van der Waals surface area (Å²) < 4.78 is 179. The zero-order valence-electron chi connectivity index (χ0n) is 57.1. The first-order valence-electron chi connectivity index (χ1n) is 31.1. The van der Waals surface area contributed by atoms with Gasteiger partial charge in [-0.2, -0.15) is 5.26 Å². The second kappa shape index (κ2) is 21.4. The zero-order chi connectivity index (χ0) is 63.5. The van der Waals surface area contributed by atoms with E-state index in [1.54, 1.807) is 75.4 Å². The number of nitrogens with zero attached hydrogens (tertiary/aromatic N) is 4. The predicted molar refractivity (Wildman–Crippen MR) is 278 cm³/mol. The fourth-order valence-electron chi connectivity index (χ4n) is 7.66. The Labute approximate surface area is 447 Å². The zero-order valence-corrected chi connectivity index (χ0v) is 41.5. The molecule has 4 heterocycles. The molecule has 4 aromatic heterocycles. The second-order valence-electron chi connectivity index (χ2n) is 17.7. The Morgan fingerprint density at radius 1 is 0.638 bits per heavy atom. The Hall–Kier alpha value is -6.51. The van der Waals surface area contributed by atoms with Crippen LogP contribution in [0.2, 0.25) is 0 Å². The molecule has 5 aromatic carbocycles. The molecular weight excluding hydrogens is 1020 g/mol. The van der Waals surface area contributed by atoms with E-state index in [1.807, 2.05) is 6.07 Å². The van der Waals surface area contributed by atoms with Crippen molar-refractivity contribution in [2.75, 3.05) is 0 Å². The monoisotopic (exact) mass is 1100 g/mol. The molecule has 0 radical (unpaired) electrons. The number of fused-ring (bicyclic) bond motifs is 3. The molecule has 9 rings (SSSR count). The molecule has 0 N–H and O–H groups in total. The Morgan fingerprint density at radius 2 is 1.17 bits per heavy atom. The quantitative estimate of drug-likeness (QED) is 0.0956. The van der Waals surface area contributed by atoms with Gasteiger partial charge in [0.25, 0.3) is 0 Å². The van der Waals surface area contributed by atoms with Crippen molar-refractivity contribution < 1.29 is 49.2 Å². The summed E-state index contributed by atoms with van der Waals surface area (Å²) in [6, 6.07) is 35.1. The maximum Gasteiger partial charge on any atom is 3.00 e. The van der Waals surface area contributed by atoms with E-state index < -0.39 is 101 Å². The summed E-state index contributed by atoms with van der Waals surface area (Å²) in [5.41, 5.74) is -4.13. The minimum absolute atomic E-state index is 0. The van der Waals surface area contributed by atoms with Gasteiger partial charge in [-0.25, -0.2) is 0 Å². The summed E-state index contributed by atoms with van der Waals surface area (Å²) >= 11 is 0. The molecule has 0 bridgehead atoms. The average Bonchev–Trinajstić information content (AvgIpc) is 0.801. The van der Waals surface area contributed by atoms with Gasteiger partial charge in [0.1, 0.15) is 5.58 Å². The number of rotatable bonds is 15. The standard InChI is InChI=1S/C63H59N4O.Ir/c1-41(2)56-34-58(47-15-10-8-11-16-47)65-39-50(56)26-22-44-29-43(30-45(31-44)23-27-51-40-66-59(35-57(51)42(3)4)48-17-12-9-13-18-48)21-25-49-38-67-60(33-52(49)36-63(5,6)7)55-20-14-19-54-53-28-24-46(37-64)32-61(53)68-62(54)55;/h8-15,17,19,24,28-35,38-42H,21-23,25-27,36H2,1-7H3;/q-3;+3/i21D2,22D2,23D2,24D,25D2,26D2,27D2,32D,36D2,41D,42D;. The van der Waals surface area contributed by atoms with Crippen LogP contribution in [0.5, 0.6) is 0 Å². The van der Waals surface area contributed by atoms with Crippen LogP contribution in [-0.4, -0.2) is 15.0 Å². The average molecular weight is 1100 g/mol. The van der Waals surface area contributed by atoms with Crippen molar-refractivity contribution in [2.45, 2.75) is 105 Å². The van der Waals surface area contributed by atoms with Gasteiger partial charge >= 0.3 is 20.1 Å². The maximum absolute atomic E-state index is 9.96. The number of aryl methyl sites for hydroxylation is 6. The van der Waals surface area contributed by atoms with E-state index in [0.717, 1.165) is 36.8 Å². The molecule has 6 heteroatoms. The van der Waals surface area contributed by atoms with Crippen LogP contribution in [0.25, 0.3) is 55.7 Å². The van der Waals surface area contributed by atoms with Crippen molar-refractivity contribution >= 4 is 21.9 Å². The van der Waals surface area contributed by atoms with Crippen LogP contribution < -0.4 is 0 Å². The number of nitriles is 1. The molecule has 0 aliphatic carbocycles. The molecule has 0 amide bonds. The Kier molecular flexibility index (Phi) is 9.58.